The highest BCUT2D eigenvalue weighted by molar-refractivity contribution is 9.10. The van der Waals surface area contributed by atoms with Crippen LogP contribution in [0.1, 0.15) is 49.2 Å². The van der Waals surface area contributed by atoms with Gasteiger partial charge in [-0.1, -0.05) is 41.6 Å². The summed E-state index contributed by atoms with van der Waals surface area (Å²) in [6.07, 6.45) is 0.582. The van der Waals surface area contributed by atoms with Crippen molar-refractivity contribution in [2.45, 2.75) is 51.8 Å². The van der Waals surface area contributed by atoms with Gasteiger partial charge in [0.05, 0.1) is 6.04 Å². The summed E-state index contributed by atoms with van der Waals surface area (Å²) in [4.78, 5) is 4.70. The molecule has 0 amide bonds. The topological polar surface area (TPSA) is 74.0 Å². The number of benzene rings is 2. The maximum Gasteiger partial charge on any atom is 0.167 e. The molecule has 4 rings (SSSR count). The van der Waals surface area contributed by atoms with Crippen molar-refractivity contribution in [3.05, 3.63) is 81.6 Å². The SMILES string of the molecule is Cc1ccc2c(-c3ccccc3C(Cc3nc(Br)ccc3C)N[S+]([O-])C(C)(C)C)noc2c1. The van der Waals surface area contributed by atoms with E-state index < -0.39 is 16.1 Å². The van der Waals surface area contributed by atoms with Gasteiger partial charge in [-0.2, -0.15) is 0 Å². The molecule has 0 aliphatic rings. The van der Waals surface area contributed by atoms with Crippen molar-refractivity contribution >= 4 is 38.3 Å². The van der Waals surface area contributed by atoms with Crippen molar-refractivity contribution in [2.75, 3.05) is 0 Å². The minimum absolute atomic E-state index is 0.237. The van der Waals surface area contributed by atoms with E-state index in [2.05, 4.69) is 37.9 Å². The van der Waals surface area contributed by atoms with Crippen LogP contribution in [0.25, 0.3) is 22.2 Å². The highest BCUT2D eigenvalue weighted by atomic mass is 79.9. The van der Waals surface area contributed by atoms with Crippen molar-refractivity contribution in [1.82, 2.24) is 14.9 Å². The molecule has 2 unspecified atom stereocenters. The van der Waals surface area contributed by atoms with E-state index >= 15 is 0 Å². The van der Waals surface area contributed by atoms with Gasteiger partial charge in [0.15, 0.2) is 5.58 Å². The van der Waals surface area contributed by atoms with Gasteiger partial charge in [-0.05, 0) is 85.4 Å². The molecular formula is C26H28BrN3O2S. The monoisotopic (exact) mass is 525 g/mol. The van der Waals surface area contributed by atoms with Crippen LogP contribution in [0.3, 0.4) is 0 Å². The lowest BCUT2D eigenvalue weighted by molar-refractivity contribution is 0.459. The molecule has 4 aromatic rings. The summed E-state index contributed by atoms with van der Waals surface area (Å²) in [5.41, 5.74) is 6.66. The van der Waals surface area contributed by atoms with Crippen LogP contribution in [0.2, 0.25) is 0 Å². The Bertz CT molecular complexity index is 1280. The third-order valence-electron chi connectivity index (χ3n) is 5.59. The van der Waals surface area contributed by atoms with Crippen LogP contribution in [0.15, 0.2) is 63.7 Å². The van der Waals surface area contributed by atoms with E-state index in [0.717, 1.165) is 49.2 Å². The summed E-state index contributed by atoms with van der Waals surface area (Å²) in [5, 5.41) is 5.37. The number of nitrogens with one attached hydrogen (secondary N) is 1. The van der Waals surface area contributed by atoms with Crippen LogP contribution in [-0.4, -0.2) is 19.4 Å². The normalized spacial score (nSPS) is 13.9. The number of halogens is 1. The molecule has 2 atom stereocenters. The van der Waals surface area contributed by atoms with Crippen LogP contribution >= 0.6 is 15.9 Å². The summed E-state index contributed by atoms with van der Waals surface area (Å²) in [5.74, 6) is 0. The lowest BCUT2D eigenvalue weighted by atomic mass is 9.93. The first-order valence-corrected chi connectivity index (χ1v) is 12.8. The molecular weight excluding hydrogens is 498 g/mol. The van der Waals surface area contributed by atoms with Gasteiger partial charge >= 0.3 is 0 Å². The highest BCUT2D eigenvalue weighted by Gasteiger charge is 2.32. The molecule has 0 aliphatic heterocycles. The van der Waals surface area contributed by atoms with E-state index in [9.17, 15) is 4.55 Å². The number of fused-ring (bicyclic) bond motifs is 1. The smallest absolute Gasteiger partial charge is 0.167 e. The molecule has 7 heteroatoms. The van der Waals surface area contributed by atoms with Gasteiger partial charge in [-0.25, -0.2) is 4.98 Å². The predicted octanol–water partition coefficient (Wildman–Crippen LogP) is 6.60. The Labute approximate surface area is 206 Å². The maximum absolute atomic E-state index is 13.2. The van der Waals surface area contributed by atoms with Crippen LogP contribution in [0, 0.1) is 13.8 Å². The fourth-order valence-electron chi connectivity index (χ4n) is 3.72. The second kappa shape index (κ2) is 9.58. The van der Waals surface area contributed by atoms with Crippen LogP contribution in [0.4, 0.5) is 0 Å². The maximum atomic E-state index is 13.2. The van der Waals surface area contributed by atoms with E-state index in [1.807, 2.05) is 77.1 Å². The van der Waals surface area contributed by atoms with E-state index in [0.29, 0.717) is 6.42 Å². The van der Waals surface area contributed by atoms with Gasteiger partial charge in [0.25, 0.3) is 0 Å². The molecule has 0 radical (unpaired) electrons. The number of nitrogens with zero attached hydrogens (tertiary/aromatic N) is 2. The summed E-state index contributed by atoms with van der Waals surface area (Å²) in [6, 6.07) is 17.9. The molecule has 0 bridgehead atoms. The van der Waals surface area contributed by atoms with Gasteiger partial charge in [-0.3, -0.25) is 0 Å². The number of hydrogen-bond donors (Lipinski definition) is 1. The third-order valence-corrected chi connectivity index (χ3v) is 7.64. The lowest BCUT2D eigenvalue weighted by Gasteiger charge is -2.29. The van der Waals surface area contributed by atoms with Crippen LogP contribution < -0.4 is 4.72 Å². The van der Waals surface area contributed by atoms with Gasteiger partial charge in [-0.15, -0.1) is 4.72 Å². The second-order valence-corrected chi connectivity index (χ2v) is 12.1. The predicted molar refractivity (Wildman–Crippen MR) is 138 cm³/mol. The van der Waals surface area contributed by atoms with Gasteiger partial charge in [0.2, 0.25) is 0 Å². The highest BCUT2D eigenvalue weighted by Crippen LogP contribution is 2.35. The number of pyridine rings is 1. The number of hydrogen-bond acceptors (Lipinski definition) is 5. The van der Waals surface area contributed by atoms with E-state index in [1.54, 1.807) is 0 Å². The number of aromatic nitrogens is 2. The molecule has 1 N–H and O–H groups in total. The summed E-state index contributed by atoms with van der Waals surface area (Å²) in [7, 11) is 0. The molecule has 33 heavy (non-hydrogen) atoms. The second-order valence-electron chi connectivity index (χ2n) is 9.27. The van der Waals surface area contributed by atoms with Gasteiger partial charge in [0, 0.05) is 34.4 Å². The lowest BCUT2D eigenvalue weighted by Crippen LogP contribution is -2.42. The molecule has 2 aromatic carbocycles. The van der Waals surface area contributed by atoms with Gasteiger partial charge < -0.3 is 9.08 Å². The largest absolute Gasteiger partial charge is 0.598 e. The van der Waals surface area contributed by atoms with Crippen molar-refractivity contribution in [2.24, 2.45) is 0 Å². The first-order valence-electron chi connectivity index (χ1n) is 10.9. The first-order chi connectivity index (χ1) is 15.6. The third kappa shape index (κ3) is 5.32. The first kappa shape index (κ1) is 24.0. The molecule has 0 spiro atoms. The Kier molecular flexibility index (Phi) is 6.96. The number of rotatable bonds is 6. The Balaban J connectivity index is 1.82. The number of aryl methyl sites for hydroxylation is 2. The standard InChI is InChI=1S/C26H28BrN3O2S/c1-16-10-12-20-23(14-16)32-29-25(20)19-9-7-6-8-18(19)22(30-33(31)26(3,4)5)15-21-17(2)11-13-24(27)28-21/h6-14,22,30H,15H2,1-5H3. The average Bonchev–Trinajstić information content (AvgIpc) is 3.18. The van der Waals surface area contributed by atoms with Crippen LogP contribution in [-0.2, 0) is 17.8 Å². The summed E-state index contributed by atoms with van der Waals surface area (Å²) >= 11 is 2.22. The average molecular weight is 527 g/mol. The quantitative estimate of drug-likeness (QED) is 0.226. The zero-order chi connectivity index (χ0) is 23.8. The minimum Gasteiger partial charge on any atom is -0.598 e. The van der Waals surface area contributed by atoms with Gasteiger partial charge in [0.1, 0.15) is 15.0 Å². The zero-order valence-electron chi connectivity index (χ0n) is 19.5. The van der Waals surface area contributed by atoms with Crippen molar-refractivity contribution in [3.8, 4) is 11.3 Å². The molecule has 0 fully saturated rings. The van der Waals surface area contributed by atoms with E-state index in [1.165, 1.54) is 0 Å². The Morgan fingerprint density at radius 3 is 2.61 bits per heavy atom. The van der Waals surface area contributed by atoms with Crippen molar-refractivity contribution in [1.29, 1.82) is 0 Å². The Morgan fingerprint density at radius 2 is 1.85 bits per heavy atom. The van der Waals surface area contributed by atoms with Crippen molar-refractivity contribution < 1.29 is 9.08 Å². The van der Waals surface area contributed by atoms with Crippen molar-refractivity contribution in [3.63, 3.8) is 0 Å². The van der Waals surface area contributed by atoms with Crippen LogP contribution in [0.5, 0.6) is 0 Å². The summed E-state index contributed by atoms with van der Waals surface area (Å²) < 4.78 is 22.6. The fraction of sp³-hybridized carbons (Fsp3) is 0.308. The minimum atomic E-state index is -1.27. The van der Waals surface area contributed by atoms with E-state index in [4.69, 9.17) is 9.51 Å². The molecule has 172 valence electrons. The molecule has 0 saturated heterocycles. The zero-order valence-corrected chi connectivity index (χ0v) is 21.9. The molecule has 0 saturated carbocycles. The molecule has 5 nitrogen and oxygen atoms in total. The molecule has 0 aliphatic carbocycles. The fourth-order valence-corrected chi connectivity index (χ4v) is 4.89. The van der Waals surface area contributed by atoms with E-state index in [-0.39, 0.29) is 6.04 Å². The Morgan fingerprint density at radius 1 is 1.09 bits per heavy atom. The Hall–Kier alpha value is -2.19. The summed E-state index contributed by atoms with van der Waals surface area (Å²) in [6.45, 7) is 9.98. The molecule has 2 heterocycles. The molecule has 2 aromatic heterocycles.